The molecule has 0 fully saturated rings. The van der Waals surface area contributed by atoms with E-state index in [9.17, 15) is 4.79 Å². The molecular weight excluding hydrogens is 286 g/mol. The van der Waals surface area contributed by atoms with Crippen LogP contribution in [0.4, 0.5) is 5.69 Å². The van der Waals surface area contributed by atoms with Gasteiger partial charge in [-0.1, -0.05) is 29.8 Å². The van der Waals surface area contributed by atoms with E-state index in [1.165, 1.54) is 6.08 Å². The average molecular weight is 298 g/mol. The molecule has 0 bridgehead atoms. The molecule has 2 aromatic heterocycles. The van der Waals surface area contributed by atoms with Crippen molar-refractivity contribution in [1.82, 2.24) is 9.61 Å². The molecule has 0 unspecified atom stereocenters. The van der Waals surface area contributed by atoms with Crippen LogP contribution < -0.4 is 5.32 Å². The van der Waals surface area contributed by atoms with Crippen LogP contribution in [0.3, 0.4) is 0 Å². The van der Waals surface area contributed by atoms with Gasteiger partial charge in [-0.05, 0) is 35.9 Å². The Morgan fingerprint density at radius 3 is 2.95 bits per heavy atom. The highest BCUT2D eigenvalue weighted by atomic mass is 35.5. The van der Waals surface area contributed by atoms with Crippen LogP contribution in [0.5, 0.6) is 0 Å². The summed E-state index contributed by atoms with van der Waals surface area (Å²) in [7, 11) is 0. The van der Waals surface area contributed by atoms with Crippen LogP contribution in [0.2, 0.25) is 5.02 Å². The van der Waals surface area contributed by atoms with Crippen molar-refractivity contribution in [3.63, 3.8) is 0 Å². The summed E-state index contributed by atoms with van der Waals surface area (Å²) in [6.07, 6.45) is 6.65. The van der Waals surface area contributed by atoms with E-state index in [1.807, 2.05) is 30.3 Å². The van der Waals surface area contributed by atoms with E-state index in [4.69, 9.17) is 11.6 Å². The van der Waals surface area contributed by atoms with E-state index in [0.29, 0.717) is 5.02 Å². The quantitative estimate of drug-likeness (QED) is 0.750. The van der Waals surface area contributed by atoms with Gasteiger partial charge in [0.25, 0.3) is 0 Å². The van der Waals surface area contributed by atoms with Gasteiger partial charge in [0, 0.05) is 29.2 Å². The number of rotatable bonds is 3. The summed E-state index contributed by atoms with van der Waals surface area (Å²) in [5, 5.41) is 7.52. The van der Waals surface area contributed by atoms with Gasteiger partial charge in [-0.2, -0.15) is 5.10 Å². The van der Waals surface area contributed by atoms with Crippen molar-refractivity contribution >= 4 is 34.8 Å². The second-order valence-electron chi connectivity index (χ2n) is 4.46. The molecule has 0 spiro atoms. The van der Waals surface area contributed by atoms with Gasteiger partial charge >= 0.3 is 0 Å². The number of carbonyl (C=O) groups excluding carboxylic acids is 1. The van der Waals surface area contributed by atoms with Crippen molar-refractivity contribution in [1.29, 1.82) is 0 Å². The number of aromatic nitrogens is 2. The monoisotopic (exact) mass is 297 g/mol. The third-order valence-corrected chi connectivity index (χ3v) is 3.33. The Balaban J connectivity index is 1.72. The predicted octanol–water partition coefficient (Wildman–Crippen LogP) is 3.64. The molecule has 0 aliphatic rings. The standard InChI is InChI=1S/C16H12ClN3O/c17-15-4-2-1-3-12(15)5-6-16(21)19-13-8-10-20-14(11-13)7-9-18-20/h1-11H,(H,19,21). The molecule has 0 saturated carbocycles. The molecule has 5 heteroatoms. The van der Waals surface area contributed by atoms with Gasteiger partial charge in [0.2, 0.25) is 5.91 Å². The number of nitrogens with zero attached hydrogens (tertiary/aromatic N) is 2. The summed E-state index contributed by atoms with van der Waals surface area (Å²) in [4.78, 5) is 11.9. The first-order valence-corrected chi connectivity index (χ1v) is 6.77. The van der Waals surface area contributed by atoms with Crippen LogP contribution in [-0.4, -0.2) is 15.5 Å². The van der Waals surface area contributed by atoms with Gasteiger partial charge in [-0.25, -0.2) is 4.52 Å². The zero-order valence-electron chi connectivity index (χ0n) is 11.0. The molecule has 0 radical (unpaired) electrons. The molecular formula is C16H12ClN3O. The van der Waals surface area contributed by atoms with Crippen LogP contribution in [0, 0.1) is 0 Å². The molecule has 104 valence electrons. The number of nitrogens with one attached hydrogen (secondary N) is 1. The van der Waals surface area contributed by atoms with Crippen LogP contribution in [-0.2, 0) is 4.79 Å². The third kappa shape index (κ3) is 3.12. The summed E-state index contributed by atoms with van der Waals surface area (Å²) in [5.74, 6) is -0.209. The number of fused-ring (bicyclic) bond motifs is 1. The summed E-state index contributed by atoms with van der Waals surface area (Å²) in [6, 6.07) is 12.9. The lowest BCUT2D eigenvalue weighted by atomic mass is 10.2. The predicted molar refractivity (Wildman–Crippen MR) is 84.3 cm³/mol. The zero-order valence-corrected chi connectivity index (χ0v) is 11.8. The van der Waals surface area contributed by atoms with Crippen molar-refractivity contribution < 1.29 is 4.79 Å². The lowest BCUT2D eigenvalue weighted by Crippen LogP contribution is -2.08. The van der Waals surface area contributed by atoms with E-state index in [1.54, 1.807) is 35.1 Å². The highest BCUT2D eigenvalue weighted by Crippen LogP contribution is 2.16. The fourth-order valence-electron chi connectivity index (χ4n) is 1.96. The number of amides is 1. The molecule has 3 rings (SSSR count). The summed E-state index contributed by atoms with van der Waals surface area (Å²) in [5.41, 5.74) is 2.44. The first-order chi connectivity index (χ1) is 10.2. The summed E-state index contributed by atoms with van der Waals surface area (Å²) in [6.45, 7) is 0. The smallest absolute Gasteiger partial charge is 0.248 e. The number of anilines is 1. The van der Waals surface area contributed by atoms with Crippen molar-refractivity contribution in [3.05, 3.63) is 71.5 Å². The Bertz CT molecular complexity index is 823. The Labute approximate surface area is 126 Å². The van der Waals surface area contributed by atoms with Crippen molar-refractivity contribution in [3.8, 4) is 0 Å². The van der Waals surface area contributed by atoms with Gasteiger partial charge in [0.05, 0.1) is 5.52 Å². The van der Waals surface area contributed by atoms with Crippen molar-refractivity contribution in [2.45, 2.75) is 0 Å². The molecule has 1 aromatic carbocycles. The Morgan fingerprint density at radius 2 is 2.10 bits per heavy atom. The lowest BCUT2D eigenvalue weighted by Gasteiger charge is -2.03. The number of hydrogen-bond acceptors (Lipinski definition) is 2. The second-order valence-corrected chi connectivity index (χ2v) is 4.87. The minimum atomic E-state index is -0.209. The molecule has 0 aliphatic carbocycles. The molecule has 1 N–H and O–H groups in total. The highest BCUT2D eigenvalue weighted by Gasteiger charge is 2.01. The maximum atomic E-state index is 11.9. The van der Waals surface area contributed by atoms with Gasteiger partial charge in [-0.3, -0.25) is 4.79 Å². The Kier molecular flexibility index (Phi) is 3.71. The van der Waals surface area contributed by atoms with E-state index in [-0.39, 0.29) is 5.91 Å². The van der Waals surface area contributed by atoms with E-state index < -0.39 is 0 Å². The largest absolute Gasteiger partial charge is 0.322 e. The van der Waals surface area contributed by atoms with Crippen LogP contribution in [0.1, 0.15) is 5.56 Å². The highest BCUT2D eigenvalue weighted by molar-refractivity contribution is 6.32. The van der Waals surface area contributed by atoms with Crippen LogP contribution >= 0.6 is 11.6 Å². The van der Waals surface area contributed by atoms with Gasteiger partial charge in [0.15, 0.2) is 0 Å². The number of pyridine rings is 1. The molecule has 3 aromatic rings. The molecule has 1 amide bonds. The summed E-state index contributed by atoms with van der Waals surface area (Å²) < 4.78 is 1.73. The molecule has 2 heterocycles. The first kappa shape index (κ1) is 13.4. The van der Waals surface area contributed by atoms with E-state index in [2.05, 4.69) is 10.4 Å². The SMILES string of the molecule is O=C(C=Cc1ccccc1Cl)Nc1ccn2nccc2c1. The first-order valence-electron chi connectivity index (χ1n) is 6.39. The molecule has 21 heavy (non-hydrogen) atoms. The number of carbonyl (C=O) groups is 1. The van der Waals surface area contributed by atoms with Crippen molar-refractivity contribution in [2.75, 3.05) is 5.32 Å². The number of halogens is 1. The fraction of sp³-hybridized carbons (Fsp3) is 0. The number of benzene rings is 1. The third-order valence-electron chi connectivity index (χ3n) is 2.99. The minimum Gasteiger partial charge on any atom is -0.322 e. The normalized spacial score (nSPS) is 11.1. The van der Waals surface area contributed by atoms with Gasteiger partial charge in [-0.15, -0.1) is 0 Å². The second kappa shape index (κ2) is 5.81. The number of hydrogen-bond donors (Lipinski definition) is 1. The summed E-state index contributed by atoms with van der Waals surface area (Å²) >= 11 is 6.03. The fourth-order valence-corrected chi connectivity index (χ4v) is 2.16. The molecule has 0 saturated heterocycles. The van der Waals surface area contributed by atoms with Crippen molar-refractivity contribution in [2.24, 2.45) is 0 Å². The lowest BCUT2D eigenvalue weighted by molar-refractivity contribution is -0.111. The van der Waals surface area contributed by atoms with Gasteiger partial charge in [0.1, 0.15) is 0 Å². The Morgan fingerprint density at radius 1 is 1.24 bits per heavy atom. The molecule has 0 atom stereocenters. The maximum absolute atomic E-state index is 11.9. The topological polar surface area (TPSA) is 46.4 Å². The molecule has 0 aliphatic heterocycles. The van der Waals surface area contributed by atoms with Gasteiger partial charge < -0.3 is 5.32 Å². The average Bonchev–Trinajstić information content (AvgIpc) is 2.94. The zero-order chi connectivity index (χ0) is 14.7. The van der Waals surface area contributed by atoms with E-state index in [0.717, 1.165) is 16.8 Å². The Hall–Kier alpha value is -2.59. The van der Waals surface area contributed by atoms with Crippen LogP contribution in [0.25, 0.3) is 11.6 Å². The minimum absolute atomic E-state index is 0.209. The molecule has 4 nitrogen and oxygen atoms in total. The van der Waals surface area contributed by atoms with E-state index >= 15 is 0 Å². The van der Waals surface area contributed by atoms with Crippen LogP contribution in [0.15, 0.2) is 60.9 Å². The maximum Gasteiger partial charge on any atom is 0.248 e.